The molecule has 0 radical (unpaired) electrons. The average Bonchev–Trinajstić information content (AvgIpc) is 2.76. The van der Waals surface area contributed by atoms with Crippen molar-refractivity contribution in [2.24, 2.45) is 0 Å². The number of carbonyl (C=O) groups is 1. The van der Waals surface area contributed by atoms with E-state index in [-0.39, 0.29) is 22.5 Å². The molecule has 0 saturated carbocycles. The zero-order chi connectivity index (χ0) is 22.0. The summed E-state index contributed by atoms with van der Waals surface area (Å²) in [5.74, 6) is 1.08. The highest BCUT2D eigenvalue weighted by Gasteiger charge is 2.16. The molecular formula is C24H17ClO6. The van der Waals surface area contributed by atoms with Crippen LogP contribution < -0.4 is 19.6 Å². The first kappa shape index (κ1) is 20.5. The largest absolute Gasteiger partial charge is 0.497 e. The minimum absolute atomic E-state index is 0.0735. The summed E-state index contributed by atoms with van der Waals surface area (Å²) in [6.07, 6.45) is 0. The molecule has 7 heteroatoms. The third kappa shape index (κ3) is 4.39. The van der Waals surface area contributed by atoms with E-state index in [2.05, 4.69) is 0 Å². The zero-order valence-electron chi connectivity index (χ0n) is 16.7. The highest BCUT2D eigenvalue weighted by molar-refractivity contribution is 6.30. The average molecular weight is 437 g/mol. The molecule has 6 nitrogen and oxygen atoms in total. The molecule has 0 aliphatic heterocycles. The fourth-order valence-corrected chi connectivity index (χ4v) is 3.20. The molecule has 0 N–H and O–H groups in total. The summed E-state index contributed by atoms with van der Waals surface area (Å²) in [5, 5.41) is 0.726. The molecule has 4 aromatic rings. The van der Waals surface area contributed by atoms with E-state index in [0.29, 0.717) is 33.2 Å². The Balaban J connectivity index is 1.64. The van der Waals surface area contributed by atoms with E-state index in [1.807, 2.05) is 0 Å². The molecule has 1 heterocycles. The third-order valence-corrected chi connectivity index (χ3v) is 4.75. The van der Waals surface area contributed by atoms with Crippen molar-refractivity contribution in [3.8, 4) is 23.0 Å². The fraction of sp³-hybridized carbons (Fsp3) is 0.0833. The number of hydrogen-bond donors (Lipinski definition) is 0. The van der Waals surface area contributed by atoms with E-state index in [1.54, 1.807) is 56.5 Å². The number of rotatable bonds is 5. The maximum absolute atomic E-state index is 13.0. The third-order valence-electron chi connectivity index (χ3n) is 4.52. The summed E-state index contributed by atoms with van der Waals surface area (Å²) in [6, 6.07) is 17.9. The second-order valence-corrected chi connectivity index (χ2v) is 7.09. The Kier molecular flexibility index (Phi) is 5.64. The summed E-state index contributed by atoms with van der Waals surface area (Å²) in [5.41, 5.74) is 0.249. The van der Waals surface area contributed by atoms with Crippen molar-refractivity contribution < 1.29 is 23.4 Å². The molecule has 3 aromatic carbocycles. The van der Waals surface area contributed by atoms with Gasteiger partial charge in [-0.3, -0.25) is 4.79 Å². The number of carbonyl (C=O) groups excluding carboxylic acids is 1. The van der Waals surface area contributed by atoms with Crippen LogP contribution in [0.5, 0.6) is 23.0 Å². The van der Waals surface area contributed by atoms with Crippen molar-refractivity contribution in [2.45, 2.75) is 6.92 Å². The Labute approximate surface area is 182 Å². The number of esters is 1. The molecule has 1 aromatic heterocycles. The van der Waals surface area contributed by atoms with Crippen LogP contribution in [0.3, 0.4) is 0 Å². The zero-order valence-corrected chi connectivity index (χ0v) is 17.4. The van der Waals surface area contributed by atoms with Crippen molar-refractivity contribution in [2.75, 3.05) is 7.11 Å². The second-order valence-electron chi connectivity index (χ2n) is 6.66. The van der Waals surface area contributed by atoms with Gasteiger partial charge in [-0.25, -0.2) is 4.79 Å². The van der Waals surface area contributed by atoms with Gasteiger partial charge in [-0.1, -0.05) is 23.7 Å². The molecule has 0 amide bonds. The quantitative estimate of drug-likeness (QED) is 0.292. The molecule has 0 fully saturated rings. The van der Waals surface area contributed by atoms with Gasteiger partial charge in [0.15, 0.2) is 0 Å². The fourth-order valence-electron chi connectivity index (χ4n) is 3.01. The van der Waals surface area contributed by atoms with Gasteiger partial charge in [0.05, 0.1) is 18.1 Å². The second kappa shape index (κ2) is 8.53. The van der Waals surface area contributed by atoms with Gasteiger partial charge in [0.2, 0.25) is 11.2 Å². The van der Waals surface area contributed by atoms with Crippen LogP contribution >= 0.6 is 11.6 Å². The van der Waals surface area contributed by atoms with Gasteiger partial charge in [-0.2, -0.15) is 0 Å². The lowest BCUT2D eigenvalue weighted by Gasteiger charge is -2.10. The lowest BCUT2D eigenvalue weighted by Crippen LogP contribution is -2.10. The number of methoxy groups -OCH3 is 1. The predicted octanol–water partition coefficient (Wildman–Crippen LogP) is 5.77. The summed E-state index contributed by atoms with van der Waals surface area (Å²) >= 11 is 5.92. The lowest BCUT2D eigenvalue weighted by atomic mass is 10.2. The first-order valence-corrected chi connectivity index (χ1v) is 9.69. The van der Waals surface area contributed by atoms with E-state index >= 15 is 0 Å². The molecule has 0 unspecified atom stereocenters. The molecule has 4 rings (SSSR count). The Morgan fingerprint density at radius 1 is 0.935 bits per heavy atom. The number of aryl methyl sites for hydroxylation is 1. The van der Waals surface area contributed by atoms with E-state index in [1.165, 1.54) is 24.3 Å². The Morgan fingerprint density at radius 3 is 2.48 bits per heavy atom. The van der Waals surface area contributed by atoms with Gasteiger partial charge in [-0.15, -0.1) is 0 Å². The summed E-state index contributed by atoms with van der Waals surface area (Å²) in [4.78, 5) is 25.3. The molecule has 0 aliphatic rings. The van der Waals surface area contributed by atoms with Crippen molar-refractivity contribution in [1.82, 2.24) is 0 Å². The molecule has 156 valence electrons. The normalized spacial score (nSPS) is 10.7. The Morgan fingerprint density at radius 2 is 1.71 bits per heavy atom. The predicted molar refractivity (Wildman–Crippen MR) is 117 cm³/mol. The van der Waals surface area contributed by atoms with Crippen LogP contribution in [-0.2, 0) is 0 Å². The Hall–Kier alpha value is -3.77. The number of ether oxygens (including phenoxy) is 3. The molecule has 31 heavy (non-hydrogen) atoms. The van der Waals surface area contributed by atoms with Crippen LogP contribution in [0.1, 0.15) is 16.1 Å². The molecule has 0 bridgehead atoms. The van der Waals surface area contributed by atoms with Crippen molar-refractivity contribution in [3.63, 3.8) is 0 Å². The molecule has 0 atom stereocenters. The summed E-state index contributed by atoms with van der Waals surface area (Å²) < 4.78 is 22.1. The van der Waals surface area contributed by atoms with E-state index < -0.39 is 5.97 Å². The van der Waals surface area contributed by atoms with Crippen molar-refractivity contribution in [1.29, 1.82) is 0 Å². The van der Waals surface area contributed by atoms with Crippen LogP contribution in [0.2, 0.25) is 5.02 Å². The van der Waals surface area contributed by atoms with Crippen molar-refractivity contribution in [3.05, 3.63) is 93.3 Å². The first-order valence-electron chi connectivity index (χ1n) is 9.32. The van der Waals surface area contributed by atoms with Crippen molar-refractivity contribution >= 4 is 28.5 Å². The van der Waals surface area contributed by atoms with Gasteiger partial charge >= 0.3 is 5.97 Å². The van der Waals surface area contributed by atoms with E-state index in [4.69, 9.17) is 30.2 Å². The summed E-state index contributed by atoms with van der Waals surface area (Å²) in [6.45, 7) is 1.63. The molecular weight excluding hydrogens is 420 g/mol. The SMILES string of the molecule is COc1cccc(Oc2c(C)oc3cc(OC(=O)c4cccc(Cl)c4)ccc3c2=O)c1. The van der Waals surface area contributed by atoms with Crippen LogP contribution in [0.4, 0.5) is 0 Å². The lowest BCUT2D eigenvalue weighted by molar-refractivity contribution is 0.0735. The maximum Gasteiger partial charge on any atom is 0.343 e. The minimum Gasteiger partial charge on any atom is -0.497 e. The van der Waals surface area contributed by atoms with Gasteiger partial charge in [0.1, 0.15) is 28.6 Å². The van der Waals surface area contributed by atoms with Crippen LogP contribution in [0, 0.1) is 6.92 Å². The Bertz CT molecular complexity index is 1340. The molecule has 0 spiro atoms. The van der Waals surface area contributed by atoms with Gasteiger partial charge in [0.25, 0.3) is 0 Å². The molecule has 0 aliphatic carbocycles. The topological polar surface area (TPSA) is 75.0 Å². The van der Waals surface area contributed by atoms with Gasteiger partial charge in [-0.05, 0) is 49.4 Å². The van der Waals surface area contributed by atoms with Gasteiger partial charge in [0, 0.05) is 17.2 Å². The highest BCUT2D eigenvalue weighted by atomic mass is 35.5. The standard InChI is InChI=1S/C24H17ClO6/c1-14-23(30-18-8-4-7-17(12-18)28-2)22(26)20-10-9-19(13-21(20)29-14)31-24(27)15-5-3-6-16(25)11-15/h3-13H,1-2H3. The van der Waals surface area contributed by atoms with E-state index in [9.17, 15) is 9.59 Å². The minimum atomic E-state index is -0.570. The highest BCUT2D eigenvalue weighted by Crippen LogP contribution is 2.29. The summed E-state index contributed by atoms with van der Waals surface area (Å²) in [7, 11) is 1.55. The number of halogens is 1. The van der Waals surface area contributed by atoms with E-state index in [0.717, 1.165) is 0 Å². The molecule has 0 saturated heterocycles. The smallest absolute Gasteiger partial charge is 0.343 e. The maximum atomic E-state index is 13.0. The number of hydrogen-bond acceptors (Lipinski definition) is 6. The number of benzene rings is 3. The van der Waals surface area contributed by atoms with Crippen LogP contribution in [0.25, 0.3) is 11.0 Å². The van der Waals surface area contributed by atoms with Crippen LogP contribution in [-0.4, -0.2) is 13.1 Å². The first-order chi connectivity index (χ1) is 14.9. The number of fused-ring (bicyclic) bond motifs is 1. The van der Waals surface area contributed by atoms with Crippen LogP contribution in [0.15, 0.2) is 75.9 Å². The monoisotopic (exact) mass is 436 g/mol. The van der Waals surface area contributed by atoms with Gasteiger partial charge < -0.3 is 18.6 Å².